The van der Waals surface area contributed by atoms with E-state index in [9.17, 15) is 4.79 Å². The van der Waals surface area contributed by atoms with E-state index in [0.29, 0.717) is 10.6 Å². The van der Waals surface area contributed by atoms with Gasteiger partial charge in [-0.25, -0.2) is 0 Å². The highest BCUT2D eigenvalue weighted by molar-refractivity contribution is 9.10. The van der Waals surface area contributed by atoms with E-state index in [0.717, 1.165) is 21.6 Å². The maximum absolute atomic E-state index is 11.8. The first-order valence-electron chi connectivity index (χ1n) is 4.51. The zero-order valence-electron chi connectivity index (χ0n) is 8.40. The van der Waals surface area contributed by atoms with Gasteiger partial charge in [-0.2, -0.15) is 0 Å². The zero-order chi connectivity index (χ0) is 11.5. The molecule has 2 rings (SSSR count). The molecule has 4 nitrogen and oxygen atoms in total. The van der Waals surface area contributed by atoms with E-state index in [-0.39, 0.29) is 5.91 Å². The van der Waals surface area contributed by atoms with Crippen LogP contribution < -0.4 is 5.32 Å². The SMILES string of the molecule is Cc1cc(C(=O)Nc2cnns2)ccc1Br. The first kappa shape index (κ1) is 11.2. The summed E-state index contributed by atoms with van der Waals surface area (Å²) < 4.78 is 4.66. The van der Waals surface area contributed by atoms with Gasteiger partial charge in [0.1, 0.15) is 5.00 Å². The van der Waals surface area contributed by atoms with Gasteiger partial charge in [-0.3, -0.25) is 4.79 Å². The number of carbonyl (C=O) groups is 1. The number of benzene rings is 1. The van der Waals surface area contributed by atoms with E-state index in [1.54, 1.807) is 6.07 Å². The molecule has 16 heavy (non-hydrogen) atoms. The van der Waals surface area contributed by atoms with Crippen molar-refractivity contribution < 1.29 is 4.79 Å². The molecule has 0 bridgehead atoms. The Hall–Kier alpha value is -1.27. The molecule has 6 heteroatoms. The Morgan fingerprint density at radius 2 is 2.31 bits per heavy atom. The maximum Gasteiger partial charge on any atom is 0.256 e. The second-order valence-corrected chi connectivity index (χ2v) is 4.84. The molecule has 2 aromatic rings. The highest BCUT2D eigenvalue weighted by atomic mass is 79.9. The van der Waals surface area contributed by atoms with Crippen LogP contribution in [0.15, 0.2) is 28.9 Å². The van der Waals surface area contributed by atoms with E-state index in [4.69, 9.17) is 0 Å². The summed E-state index contributed by atoms with van der Waals surface area (Å²) in [6.45, 7) is 1.94. The van der Waals surface area contributed by atoms with Crippen LogP contribution in [0.3, 0.4) is 0 Å². The highest BCUT2D eigenvalue weighted by Crippen LogP contribution is 2.18. The molecule has 0 atom stereocenters. The molecule has 1 N–H and O–H groups in total. The number of aromatic nitrogens is 2. The Balaban J connectivity index is 2.18. The van der Waals surface area contributed by atoms with Crippen molar-refractivity contribution in [2.24, 2.45) is 0 Å². The molecule has 0 spiro atoms. The van der Waals surface area contributed by atoms with Crippen LogP contribution in [-0.2, 0) is 0 Å². The fraction of sp³-hybridized carbons (Fsp3) is 0.100. The van der Waals surface area contributed by atoms with Crippen molar-refractivity contribution in [3.8, 4) is 0 Å². The molecule has 0 aliphatic rings. The van der Waals surface area contributed by atoms with Crippen molar-refractivity contribution in [2.75, 3.05) is 5.32 Å². The van der Waals surface area contributed by atoms with Crippen LogP contribution in [0.5, 0.6) is 0 Å². The van der Waals surface area contributed by atoms with Crippen LogP contribution in [0.25, 0.3) is 0 Å². The number of nitrogens with one attached hydrogen (secondary N) is 1. The molecule has 0 unspecified atom stereocenters. The van der Waals surface area contributed by atoms with Gasteiger partial charge in [-0.05, 0) is 30.7 Å². The fourth-order valence-corrected chi connectivity index (χ4v) is 1.85. The third kappa shape index (κ3) is 2.45. The van der Waals surface area contributed by atoms with Crippen LogP contribution in [0.4, 0.5) is 5.00 Å². The summed E-state index contributed by atoms with van der Waals surface area (Å²) in [5.74, 6) is -0.151. The lowest BCUT2D eigenvalue weighted by atomic mass is 10.1. The smallest absolute Gasteiger partial charge is 0.256 e. The van der Waals surface area contributed by atoms with Crippen molar-refractivity contribution >= 4 is 38.4 Å². The topological polar surface area (TPSA) is 54.9 Å². The number of aryl methyl sites for hydroxylation is 1. The molecular weight excluding hydrogens is 290 g/mol. The van der Waals surface area contributed by atoms with Crippen LogP contribution in [0, 0.1) is 6.92 Å². The van der Waals surface area contributed by atoms with Crippen LogP contribution in [0.2, 0.25) is 0 Å². The molecule has 1 aromatic carbocycles. The summed E-state index contributed by atoms with van der Waals surface area (Å²) in [4.78, 5) is 11.8. The molecule has 1 amide bonds. The lowest BCUT2D eigenvalue weighted by Gasteiger charge is -2.03. The number of hydrogen-bond acceptors (Lipinski definition) is 4. The average Bonchev–Trinajstić information content (AvgIpc) is 2.74. The first-order valence-corrected chi connectivity index (χ1v) is 6.08. The van der Waals surface area contributed by atoms with Gasteiger partial charge in [0.15, 0.2) is 0 Å². The Morgan fingerprint density at radius 1 is 1.50 bits per heavy atom. The van der Waals surface area contributed by atoms with Crippen molar-refractivity contribution in [3.05, 3.63) is 40.0 Å². The zero-order valence-corrected chi connectivity index (χ0v) is 10.8. The third-order valence-corrected chi connectivity index (χ3v) is 3.49. The first-order chi connectivity index (χ1) is 7.66. The molecule has 1 aromatic heterocycles. The van der Waals surface area contributed by atoms with Crippen molar-refractivity contribution in [1.29, 1.82) is 0 Å². The van der Waals surface area contributed by atoms with E-state index < -0.39 is 0 Å². The van der Waals surface area contributed by atoms with E-state index in [2.05, 4.69) is 30.8 Å². The largest absolute Gasteiger partial charge is 0.311 e. The predicted molar refractivity (Wildman–Crippen MR) is 66.7 cm³/mol. The minimum absolute atomic E-state index is 0.151. The lowest BCUT2D eigenvalue weighted by Crippen LogP contribution is -2.10. The van der Waals surface area contributed by atoms with E-state index in [1.807, 2.05) is 19.1 Å². The van der Waals surface area contributed by atoms with Crippen LogP contribution in [-0.4, -0.2) is 15.5 Å². The summed E-state index contributed by atoms with van der Waals surface area (Å²) >= 11 is 4.54. The molecule has 0 radical (unpaired) electrons. The van der Waals surface area contributed by atoms with E-state index >= 15 is 0 Å². The number of rotatable bonds is 2. The summed E-state index contributed by atoms with van der Waals surface area (Å²) in [5, 5.41) is 7.02. The molecule has 0 aliphatic carbocycles. The molecule has 0 fully saturated rings. The lowest BCUT2D eigenvalue weighted by molar-refractivity contribution is 0.102. The Labute approximate surface area is 105 Å². The highest BCUT2D eigenvalue weighted by Gasteiger charge is 2.08. The van der Waals surface area contributed by atoms with Gasteiger partial charge in [0.25, 0.3) is 5.91 Å². The number of halogens is 1. The number of hydrogen-bond donors (Lipinski definition) is 1. The van der Waals surface area contributed by atoms with Crippen molar-refractivity contribution in [2.45, 2.75) is 6.92 Å². The molecule has 82 valence electrons. The summed E-state index contributed by atoms with van der Waals surface area (Å²) in [6, 6.07) is 5.45. The van der Waals surface area contributed by atoms with Gasteiger partial charge < -0.3 is 5.32 Å². The van der Waals surface area contributed by atoms with Gasteiger partial charge in [-0.1, -0.05) is 20.4 Å². The van der Waals surface area contributed by atoms with Gasteiger partial charge in [0.2, 0.25) is 0 Å². The second-order valence-electron chi connectivity index (χ2n) is 3.20. The minimum atomic E-state index is -0.151. The number of amides is 1. The third-order valence-electron chi connectivity index (χ3n) is 2.02. The van der Waals surface area contributed by atoms with Gasteiger partial charge >= 0.3 is 0 Å². The minimum Gasteiger partial charge on any atom is -0.311 e. The average molecular weight is 298 g/mol. The monoisotopic (exact) mass is 297 g/mol. The number of carbonyl (C=O) groups excluding carboxylic acids is 1. The molecule has 1 heterocycles. The maximum atomic E-state index is 11.8. The Morgan fingerprint density at radius 3 is 2.94 bits per heavy atom. The molecule has 0 saturated heterocycles. The van der Waals surface area contributed by atoms with E-state index in [1.165, 1.54) is 6.20 Å². The Bertz CT molecular complexity index is 513. The summed E-state index contributed by atoms with van der Waals surface area (Å²) in [6.07, 6.45) is 1.52. The summed E-state index contributed by atoms with van der Waals surface area (Å²) in [7, 11) is 0. The number of nitrogens with zero attached hydrogens (tertiary/aromatic N) is 2. The van der Waals surface area contributed by atoms with Crippen molar-refractivity contribution in [3.63, 3.8) is 0 Å². The molecular formula is C10H8BrN3OS. The summed E-state index contributed by atoms with van der Waals surface area (Å²) in [5.41, 5.74) is 1.64. The second kappa shape index (κ2) is 4.71. The quantitative estimate of drug-likeness (QED) is 0.927. The van der Waals surface area contributed by atoms with Gasteiger partial charge in [0, 0.05) is 21.6 Å². The standard InChI is InChI=1S/C10H8BrN3OS/c1-6-4-7(2-3-8(6)11)10(15)13-9-5-12-14-16-9/h2-5H,1H3,(H,13,15). The Kier molecular flexibility index (Phi) is 3.31. The normalized spacial score (nSPS) is 10.1. The predicted octanol–water partition coefficient (Wildman–Crippen LogP) is 2.86. The fourth-order valence-electron chi connectivity index (χ4n) is 1.19. The van der Waals surface area contributed by atoms with Gasteiger partial charge in [0.05, 0.1) is 6.20 Å². The molecule has 0 aliphatic heterocycles. The van der Waals surface area contributed by atoms with Gasteiger partial charge in [-0.15, -0.1) is 5.10 Å². The van der Waals surface area contributed by atoms with Crippen LogP contribution >= 0.6 is 27.5 Å². The van der Waals surface area contributed by atoms with Crippen LogP contribution in [0.1, 0.15) is 15.9 Å². The number of anilines is 1. The van der Waals surface area contributed by atoms with Crippen molar-refractivity contribution in [1.82, 2.24) is 9.59 Å². The molecule has 0 saturated carbocycles.